The first kappa shape index (κ1) is 12.3. The van der Waals surface area contributed by atoms with Crippen molar-refractivity contribution in [1.29, 1.82) is 0 Å². The molecule has 1 fully saturated rings. The minimum absolute atomic E-state index is 0.0627. The van der Waals surface area contributed by atoms with Crippen LogP contribution in [-0.4, -0.2) is 18.2 Å². The first-order valence-corrected chi connectivity index (χ1v) is 5.83. The maximum atomic E-state index is 13.3. The Labute approximate surface area is 100.0 Å². The number of nitrogens with one attached hydrogen (secondary N) is 1. The van der Waals surface area contributed by atoms with Gasteiger partial charge in [-0.25, -0.2) is 8.78 Å². The molecule has 0 amide bonds. The summed E-state index contributed by atoms with van der Waals surface area (Å²) in [5.74, 6) is -0.884. The molecule has 0 bridgehead atoms. The number of halogens is 2. The molecule has 1 aromatic carbocycles. The highest BCUT2D eigenvalue weighted by molar-refractivity contribution is 5.44. The van der Waals surface area contributed by atoms with Crippen molar-refractivity contribution < 1.29 is 13.5 Å². The molecular weight excluding hydrogens is 224 g/mol. The second-order valence-electron chi connectivity index (χ2n) is 5.04. The second kappa shape index (κ2) is 4.61. The lowest BCUT2D eigenvalue weighted by atomic mass is 10.1. The van der Waals surface area contributed by atoms with Crippen molar-refractivity contribution in [3.05, 3.63) is 29.8 Å². The molecule has 1 aliphatic rings. The molecule has 1 aliphatic heterocycles. The predicted molar refractivity (Wildman–Crippen MR) is 63.0 cm³/mol. The molecule has 0 saturated carbocycles. The Kier molecular flexibility index (Phi) is 3.33. The third-order valence-corrected chi connectivity index (χ3v) is 3.00. The van der Waals surface area contributed by atoms with Crippen molar-refractivity contribution in [3.8, 4) is 0 Å². The van der Waals surface area contributed by atoms with Crippen LogP contribution in [0.4, 0.5) is 14.5 Å². The highest BCUT2D eigenvalue weighted by Crippen LogP contribution is 2.29. The summed E-state index contributed by atoms with van der Waals surface area (Å²) >= 11 is 0. The summed E-state index contributed by atoms with van der Waals surface area (Å²) in [5.41, 5.74) is 0.0885. The minimum atomic E-state index is -0.443. The lowest BCUT2D eigenvalue weighted by molar-refractivity contribution is -0.00912. The lowest BCUT2D eigenvalue weighted by Crippen LogP contribution is -2.25. The van der Waals surface area contributed by atoms with Gasteiger partial charge in [0.25, 0.3) is 0 Å². The van der Waals surface area contributed by atoms with Crippen molar-refractivity contribution in [2.75, 3.05) is 11.9 Å². The second-order valence-corrected chi connectivity index (χ2v) is 5.04. The van der Waals surface area contributed by atoms with E-state index < -0.39 is 11.6 Å². The molecule has 2 nitrogen and oxygen atoms in total. The summed E-state index contributed by atoms with van der Waals surface area (Å²) < 4.78 is 32.0. The summed E-state index contributed by atoms with van der Waals surface area (Å²) in [4.78, 5) is 0. The van der Waals surface area contributed by atoms with Crippen molar-refractivity contribution in [2.24, 2.45) is 0 Å². The van der Waals surface area contributed by atoms with Crippen LogP contribution in [0.15, 0.2) is 18.2 Å². The molecule has 2 rings (SSSR count). The van der Waals surface area contributed by atoms with Crippen LogP contribution in [0.3, 0.4) is 0 Å². The zero-order valence-corrected chi connectivity index (χ0v) is 10.1. The van der Waals surface area contributed by atoms with Gasteiger partial charge in [0.2, 0.25) is 0 Å². The molecular formula is C13H17F2NO. The largest absolute Gasteiger partial charge is 0.380 e. The zero-order valence-electron chi connectivity index (χ0n) is 10.1. The summed E-state index contributed by atoms with van der Waals surface area (Å²) in [6, 6.07) is 3.39. The number of ether oxygens (including phenoxy) is 1. The van der Waals surface area contributed by atoms with Crippen molar-refractivity contribution in [3.63, 3.8) is 0 Å². The van der Waals surface area contributed by atoms with Gasteiger partial charge in [-0.3, -0.25) is 0 Å². The number of benzene rings is 1. The fourth-order valence-electron chi connectivity index (χ4n) is 2.08. The van der Waals surface area contributed by atoms with Gasteiger partial charge in [-0.1, -0.05) is 0 Å². The van der Waals surface area contributed by atoms with E-state index in [9.17, 15) is 8.78 Å². The van der Waals surface area contributed by atoms with E-state index in [1.807, 2.05) is 13.8 Å². The van der Waals surface area contributed by atoms with Gasteiger partial charge < -0.3 is 10.1 Å². The molecule has 0 aliphatic carbocycles. The molecule has 1 unspecified atom stereocenters. The molecule has 0 aromatic heterocycles. The fourth-order valence-corrected chi connectivity index (χ4v) is 2.08. The van der Waals surface area contributed by atoms with E-state index in [0.29, 0.717) is 6.54 Å². The molecule has 1 saturated heterocycles. The Morgan fingerprint density at radius 1 is 1.41 bits per heavy atom. The van der Waals surface area contributed by atoms with E-state index in [2.05, 4.69) is 5.32 Å². The first-order chi connectivity index (χ1) is 7.96. The minimum Gasteiger partial charge on any atom is -0.380 e. The monoisotopic (exact) mass is 241 g/mol. The Balaban J connectivity index is 1.92. The molecule has 1 heterocycles. The highest BCUT2D eigenvalue weighted by Gasteiger charge is 2.31. The van der Waals surface area contributed by atoms with Crippen molar-refractivity contribution in [1.82, 2.24) is 0 Å². The SMILES string of the molecule is CC1(C)CCC(CNc2cc(F)ccc2F)O1. The van der Waals surface area contributed by atoms with Crippen molar-refractivity contribution >= 4 is 5.69 Å². The van der Waals surface area contributed by atoms with E-state index in [1.165, 1.54) is 0 Å². The first-order valence-electron chi connectivity index (χ1n) is 5.83. The fraction of sp³-hybridized carbons (Fsp3) is 0.538. The topological polar surface area (TPSA) is 21.3 Å². The van der Waals surface area contributed by atoms with Gasteiger partial charge >= 0.3 is 0 Å². The Morgan fingerprint density at radius 3 is 2.82 bits per heavy atom. The van der Waals surface area contributed by atoms with Crippen LogP contribution in [0.5, 0.6) is 0 Å². The number of rotatable bonds is 3. The van der Waals surface area contributed by atoms with E-state index in [4.69, 9.17) is 4.74 Å². The van der Waals surface area contributed by atoms with E-state index in [-0.39, 0.29) is 17.4 Å². The van der Waals surface area contributed by atoms with Gasteiger partial charge in [0.15, 0.2) is 0 Å². The van der Waals surface area contributed by atoms with Gasteiger partial charge in [0.05, 0.1) is 17.4 Å². The molecule has 0 radical (unpaired) electrons. The van der Waals surface area contributed by atoms with Crippen LogP contribution >= 0.6 is 0 Å². The van der Waals surface area contributed by atoms with Crippen LogP contribution in [0, 0.1) is 11.6 Å². The molecule has 17 heavy (non-hydrogen) atoms. The summed E-state index contributed by atoms with van der Waals surface area (Å²) in [6.07, 6.45) is 2.00. The maximum absolute atomic E-state index is 13.3. The summed E-state index contributed by atoms with van der Waals surface area (Å²) in [7, 11) is 0. The van der Waals surface area contributed by atoms with Crippen LogP contribution < -0.4 is 5.32 Å². The number of anilines is 1. The van der Waals surface area contributed by atoms with E-state index >= 15 is 0 Å². The quantitative estimate of drug-likeness (QED) is 0.876. The third-order valence-electron chi connectivity index (χ3n) is 3.00. The Bertz CT molecular complexity index is 406. The Hall–Kier alpha value is -1.16. The van der Waals surface area contributed by atoms with Crippen LogP contribution in [-0.2, 0) is 4.74 Å². The zero-order chi connectivity index (χ0) is 12.5. The van der Waals surface area contributed by atoms with E-state index in [0.717, 1.165) is 31.0 Å². The predicted octanol–water partition coefficient (Wildman–Crippen LogP) is 3.33. The van der Waals surface area contributed by atoms with E-state index in [1.54, 1.807) is 0 Å². The van der Waals surface area contributed by atoms with Gasteiger partial charge in [-0.15, -0.1) is 0 Å². The number of hydrogen-bond donors (Lipinski definition) is 1. The molecule has 1 N–H and O–H groups in total. The normalized spacial score (nSPS) is 22.7. The van der Waals surface area contributed by atoms with Crippen molar-refractivity contribution in [2.45, 2.75) is 38.4 Å². The van der Waals surface area contributed by atoms with Crippen LogP contribution in [0.2, 0.25) is 0 Å². The van der Waals surface area contributed by atoms with Crippen LogP contribution in [0.1, 0.15) is 26.7 Å². The molecule has 1 atom stereocenters. The Morgan fingerprint density at radius 2 is 2.18 bits per heavy atom. The highest BCUT2D eigenvalue weighted by atomic mass is 19.1. The molecule has 94 valence electrons. The van der Waals surface area contributed by atoms with Gasteiger partial charge in [0, 0.05) is 6.54 Å². The summed E-state index contributed by atoms with van der Waals surface area (Å²) in [5, 5.41) is 2.89. The van der Waals surface area contributed by atoms with Gasteiger partial charge in [-0.05, 0) is 44.9 Å². The smallest absolute Gasteiger partial charge is 0.146 e. The molecule has 1 aromatic rings. The molecule has 0 spiro atoms. The average molecular weight is 241 g/mol. The average Bonchev–Trinajstić information content (AvgIpc) is 2.60. The number of hydrogen-bond acceptors (Lipinski definition) is 2. The van der Waals surface area contributed by atoms with Crippen LogP contribution in [0.25, 0.3) is 0 Å². The standard InChI is InChI=1S/C13H17F2NO/c1-13(2)6-5-10(17-13)8-16-12-7-9(14)3-4-11(12)15/h3-4,7,10,16H,5-6,8H2,1-2H3. The third kappa shape index (κ3) is 3.16. The summed E-state index contributed by atoms with van der Waals surface area (Å²) in [6.45, 7) is 4.58. The maximum Gasteiger partial charge on any atom is 0.146 e. The lowest BCUT2D eigenvalue weighted by Gasteiger charge is -2.19. The van der Waals surface area contributed by atoms with Gasteiger partial charge in [0.1, 0.15) is 11.6 Å². The molecule has 4 heteroatoms. The van der Waals surface area contributed by atoms with Gasteiger partial charge in [-0.2, -0.15) is 0 Å².